The maximum absolute atomic E-state index is 13.0. The molecule has 128 valence electrons. The Morgan fingerprint density at radius 3 is 2.38 bits per heavy atom. The fourth-order valence-corrected chi connectivity index (χ4v) is 4.29. The molecule has 9 heteroatoms. The van der Waals surface area contributed by atoms with Gasteiger partial charge in [-0.3, -0.25) is 9.10 Å². The Labute approximate surface area is 151 Å². The van der Waals surface area contributed by atoms with E-state index < -0.39 is 28.2 Å². The van der Waals surface area contributed by atoms with Crippen LogP contribution in [0.4, 0.5) is 10.1 Å². The Balaban J connectivity index is 2.52. The molecular formula is C15H12BrClFNO4S. The minimum atomic E-state index is -4.10. The molecule has 2 rings (SSSR count). The molecule has 0 fully saturated rings. The smallest absolute Gasteiger partial charge is 0.305 e. The van der Waals surface area contributed by atoms with E-state index in [1.807, 2.05) is 0 Å². The lowest BCUT2D eigenvalue weighted by molar-refractivity contribution is -0.136. The molecule has 0 radical (unpaired) electrons. The predicted molar refractivity (Wildman–Crippen MR) is 92.3 cm³/mol. The average molecular weight is 437 g/mol. The normalized spacial score (nSPS) is 11.3. The van der Waals surface area contributed by atoms with Gasteiger partial charge in [-0.05, 0) is 42.5 Å². The van der Waals surface area contributed by atoms with E-state index in [0.717, 1.165) is 28.6 Å². The van der Waals surface area contributed by atoms with Crippen LogP contribution in [0.15, 0.2) is 51.8 Å². The van der Waals surface area contributed by atoms with Crippen molar-refractivity contribution in [2.45, 2.75) is 11.3 Å². The summed E-state index contributed by atoms with van der Waals surface area (Å²) in [6.45, 7) is -0.309. The lowest BCUT2D eigenvalue weighted by atomic mass is 10.3. The molecule has 0 saturated carbocycles. The number of carboxylic acid groups (broad SMARTS) is 1. The van der Waals surface area contributed by atoms with Gasteiger partial charge in [0.25, 0.3) is 10.0 Å². The molecule has 0 bridgehead atoms. The molecule has 0 aromatic heterocycles. The van der Waals surface area contributed by atoms with Crippen molar-refractivity contribution in [1.29, 1.82) is 0 Å². The van der Waals surface area contributed by atoms with Crippen molar-refractivity contribution in [1.82, 2.24) is 0 Å². The highest BCUT2D eigenvalue weighted by molar-refractivity contribution is 9.10. The molecule has 1 N–H and O–H groups in total. The maximum atomic E-state index is 13.0. The van der Waals surface area contributed by atoms with Gasteiger partial charge in [0.2, 0.25) is 0 Å². The van der Waals surface area contributed by atoms with Gasteiger partial charge in [0.15, 0.2) is 0 Å². The number of carboxylic acids is 1. The highest BCUT2D eigenvalue weighted by Gasteiger charge is 2.27. The summed E-state index contributed by atoms with van der Waals surface area (Å²) in [5.74, 6) is -1.73. The SMILES string of the molecule is O=C(O)CCN(c1ccc(Br)cc1Cl)S(=O)(=O)c1ccc(F)cc1. The molecule has 24 heavy (non-hydrogen) atoms. The number of sulfonamides is 1. The van der Waals surface area contributed by atoms with E-state index in [9.17, 15) is 17.6 Å². The lowest BCUT2D eigenvalue weighted by Gasteiger charge is -2.25. The minimum absolute atomic E-state index is 0.139. The fourth-order valence-electron chi connectivity index (χ4n) is 1.98. The summed E-state index contributed by atoms with van der Waals surface area (Å²) in [7, 11) is -4.10. The van der Waals surface area contributed by atoms with Crippen LogP contribution in [-0.4, -0.2) is 26.0 Å². The van der Waals surface area contributed by atoms with Crippen LogP contribution in [0.5, 0.6) is 0 Å². The van der Waals surface area contributed by atoms with Crippen LogP contribution in [-0.2, 0) is 14.8 Å². The van der Waals surface area contributed by atoms with Gasteiger partial charge in [0, 0.05) is 11.0 Å². The van der Waals surface area contributed by atoms with Gasteiger partial charge in [-0.1, -0.05) is 27.5 Å². The first-order chi connectivity index (χ1) is 11.2. The number of benzene rings is 2. The van der Waals surface area contributed by atoms with Gasteiger partial charge >= 0.3 is 5.97 Å². The molecule has 0 atom stereocenters. The second-order valence-corrected chi connectivity index (χ2v) is 7.96. The van der Waals surface area contributed by atoms with Crippen molar-refractivity contribution in [2.75, 3.05) is 10.8 Å². The zero-order valence-corrected chi connectivity index (χ0v) is 15.3. The quantitative estimate of drug-likeness (QED) is 0.745. The molecule has 0 aliphatic carbocycles. The molecule has 0 unspecified atom stereocenters. The Morgan fingerprint density at radius 1 is 1.21 bits per heavy atom. The molecule has 2 aromatic carbocycles. The predicted octanol–water partition coefficient (Wildman–Crippen LogP) is 3.91. The Morgan fingerprint density at radius 2 is 1.83 bits per heavy atom. The van der Waals surface area contributed by atoms with Crippen molar-refractivity contribution in [3.05, 3.63) is 57.8 Å². The van der Waals surface area contributed by atoms with Gasteiger partial charge in [-0.25, -0.2) is 12.8 Å². The number of carbonyl (C=O) groups is 1. The summed E-state index contributed by atoms with van der Waals surface area (Å²) < 4.78 is 40.3. The number of hydrogen-bond donors (Lipinski definition) is 1. The van der Waals surface area contributed by atoms with Crippen LogP contribution >= 0.6 is 27.5 Å². The summed E-state index contributed by atoms with van der Waals surface area (Å²) in [5.41, 5.74) is 0.144. The van der Waals surface area contributed by atoms with Crippen LogP contribution in [0.25, 0.3) is 0 Å². The van der Waals surface area contributed by atoms with Crippen LogP contribution < -0.4 is 4.31 Å². The highest BCUT2D eigenvalue weighted by atomic mass is 79.9. The molecule has 0 spiro atoms. The Hall–Kier alpha value is -1.64. The Kier molecular flexibility index (Phi) is 5.84. The first kappa shape index (κ1) is 18.7. The molecule has 0 saturated heterocycles. The van der Waals surface area contributed by atoms with Crippen LogP contribution in [0.3, 0.4) is 0 Å². The third kappa shape index (κ3) is 4.25. The monoisotopic (exact) mass is 435 g/mol. The third-order valence-electron chi connectivity index (χ3n) is 3.11. The zero-order valence-electron chi connectivity index (χ0n) is 12.1. The average Bonchev–Trinajstić information content (AvgIpc) is 2.49. The molecular weight excluding hydrogens is 425 g/mol. The number of hydrogen-bond acceptors (Lipinski definition) is 3. The van der Waals surface area contributed by atoms with E-state index in [4.69, 9.17) is 16.7 Å². The lowest BCUT2D eigenvalue weighted by Crippen LogP contribution is -2.33. The summed E-state index contributed by atoms with van der Waals surface area (Å²) in [6.07, 6.45) is -0.410. The third-order valence-corrected chi connectivity index (χ3v) is 5.73. The summed E-state index contributed by atoms with van der Waals surface area (Å²) in [4.78, 5) is 10.7. The fraction of sp³-hybridized carbons (Fsp3) is 0.133. The first-order valence-electron chi connectivity index (χ1n) is 6.67. The van der Waals surface area contributed by atoms with Gasteiger partial charge in [0.1, 0.15) is 5.82 Å². The van der Waals surface area contributed by atoms with E-state index in [2.05, 4.69) is 15.9 Å². The molecule has 0 amide bonds. The minimum Gasteiger partial charge on any atom is -0.481 e. The van der Waals surface area contributed by atoms with Gasteiger partial charge in [-0.2, -0.15) is 0 Å². The van der Waals surface area contributed by atoms with Gasteiger partial charge < -0.3 is 5.11 Å². The van der Waals surface area contributed by atoms with Crippen LogP contribution in [0, 0.1) is 5.82 Å². The van der Waals surface area contributed by atoms with E-state index in [-0.39, 0.29) is 22.2 Å². The second kappa shape index (κ2) is 7.50. The van der Waals surface area contributed by atoms with Crippen LogP contribution in [0.2, 0.25) is 5.02 Å². The van der Waals surface area contributed by atoms with Gasteiger partial charge in [0.05, 0.1) is 22.0 Å². The number of anilines is 1. The van der Waals surface area contributed by atoms with Crippen molar-refractivity contribution < 1.29 is 22.7 Å². The topological polar surface area (TPSA) is 74.7 Å². The molecule has 0 aliphatic rings. The van der Waals surface area contributed by atoms with Crippen molar-refractivity contribution in [3.63, 3.8) is 0 Å². The summed E-state index contributed by atoms with van der Waals surface area (Å²) in [5, 5.41) is 9.02. The molecule has 2 aromatic rings. The maximum Gasteiger partial charge on any atom is 0.305 e. The number of halogens is 3. The highest BCUT2D eigenvalue weighted by Crippen LogP contribution is 2.33. The number of aliphatic carboxylic acids is 1. The Bertz CT molecular complexity index is 858. The van der Waals surface area contributed by atoms with Crippen molar-refractivity contribution in [3.8, 4) is 0 Å². The summed E-state index contributed by atoms with van der Waals surface area (Å²) in [6, 6.07) is 8.84. The van der Waals surface area contributed by atoms with E-state index in [1.165, 1.54) is 12.1 Å². The first-order valence-corrected chi connectivity index (χ1v) is 9.28. The standard InChI is InChI=1S/C15H12BrClFNO4S/c16-10-1-6-14(13(17)9-10)19(8-7-15(20)21)24(22,23)12-4-2-11(18)3-5-12/h1-6,9H,7-8H2,(H,20,21). The van der Waals surface area contributed by atoms with E-state index in [1.54, 1.807) is 6.07 Å². The number of nitrogens with zero attached hydrogens (tertiary/aromatic N) is 1. The molecule has 0 heterocycles. The molecule has 0 aliphatic heterocycles. The van der Waals surface area contributed by atoms with E-state index >= 15 is 0 Å². The molecule has 5 nitrogen and oxygen atoms in total. The zero-order chi connectivity index (χ0) is 17.9. The van der Waals surface area contributed by atoms with Crippen LogP contribution in [0.1, 0.15) is 6.42 Å². The summed E-state index contributed by atoms with van der Waals surface area (Å²) >= 11 is 9.34. The second-order valence-electron chi connectivity index (χ2n) is 4.77. The van der Waals surface area contributed by atoms with Crippen molar-refractivity contribution in [2.24, 2.45) is 0 Å². The number of rotatable bonds is 6. The van der Waals surface area contributed by atoms with E-state index in [0.29, 0.717) is 4.47 Å². The van der Waals surface area contributed by atoms with Crippen molar-refractivity contribution >= 4 is 49.2 Å². The van der Waals surface area contributed by atoms with Gasteiger partial charge in [-0.15, -0.1) is 0 Å². The largest absolute Gasteiger partial charge is 0.481 e.